The van der Waals surface area contributed by atoms with Gasteiger partial charge in [-0.3, -0.25) is 4.99 Å². The van der Waals surface area contributed by atoms with Crippen LogP contribution in [0.1, 0.15) is 44.9 Å². The smallest absolute Gasteiger partial charge is 0.0995 e. The van der Waals surface area contributed by atoms with Gasteiger partial charge in [0, 0.05) is 23.5 Å². The number of benzene rings is 1. The Balaban J connectivity index is 2.01. The molecule has 0 saturated carbocycles. The molecule has 0 amide bonds. The van der Waals surface area contributed by atoms with Crippen LogP contribution < -0.4 is 0 Å². The van der Waals surface area contributed by atoms with Crippen molar-refractivity contribution in [1.82, 2.24) is 9.55 Å². The predicted octanol–water partition coefficient (Wildman–Crippen LogP) is 3.99. The molecule has 0 unspecified atom stereocenters. The minimum Gasteiger partial charge on any atom is -0.306 e. The zero-order valence-electron chi connectivity index (χ0n) is 11.9. The summed E-state index contributed by atoms with van der Waals surface area (Å²) in [6.07, 6.45) is 5.99. The van der Waals surface area contributed by atoms with Gasteiger partial charge in [-0.2, -0.15) is 0 Å². The Bertz CT molecular complexity index is 648. The summed E-state index contributed by atoms with van der Waals surface area (Å²) in [5.74, 6) is 0.452. The highest BCUT2D eigenvalue weighted by atomic mass is 15.0. The van der Waals surface area contributed by atoms with Crippen LogP contribution >= 0.6 is 0 Å². The third-order valence-electron chi connectivity index (χ3n) is 3.69. The Labute approximate surface area is 114 Å². The van der Waals surface area contributed by atoms with Crippen molar-refractivity contribution < 1.29 is 0 Å². The Morgan fingerprint density at radius 1 is 1.21 bits per heavy atom. The molecule has 0 atom stereocenters. The number of hydrogen-bond donors (Lipinski definition) is 0. The van der Waals surface area contributed by atoms with Crippen molar-refractivity contribution in [1.29, 1.82) is 0 Å². The molecule has 0 fully saturated rings. The molecule has 19 heavy (non-hydrogen) atoms. The summed E-state index contributed by atoms with van der Waals surface area (Å²) < 4.78 is 2.07. The Morgan fingerprint density at radius 3 is 2.68 bits per heavy atom. The molecule has 3 nitrogen and oxygen atoms in total. The molecular weight excluding hydrogens is 234 g/mol. The van der Waals surface area contributed by atoms with E-state index in [1.54, 1.807) is 0 Å². The van der Waals surface area contributed by atoms with Gasteiger partial charge < -0.3 is 4.57 Å². The molecule has 1 aliphatic rings. The van der Waals surface area contributed by atoms with Crippen LogP contribution in [0.25, 0.3) is 5.69 Å². The highest BCUT2D eigenvalue weighted by Gasteiger charge is 2.26. The van der Waals surface area contributed by atoms with Gasteiger partial charge in [-0.05, 0) is 23.6 Å². The van der Waals surface area contributed by atoms with Crippen molar-refractivity contribution >= 4 is 11.9 Å². The van der Waals surface area contributed by atoms with Crippen molar-refractivity contribution in [2.75, 3.05) is 0 Å². The summed E-state index contributed by atoms with van der Waals surface area (Å²) in [5, 5.41) is 0. The van der Waals surface area contributed by atoms with Crippen LogP contribution in [-0.2, 0) is 5.41 Å². The first-order chi connectivity index (χ1) is 8.97. The van der Waals surface area contributed by atoms with Crippen LogP contribution in [0.3, 0.4) is 0 Å². The maximum atomic E-state index is 4.52. The summed E-state index contributed by atoms with van der Waals surface area (Å²) in [4.78, 5) is 8.96. The van der Waals surface area contributed by atoms with Crippen molar-refractivity contribution in [3.63, 3.8) is 0 Å². The number of rotatable bonds is 2. The standard InChI is InChI=1S/C16H19N3/c1-11(2)15-8-19(10-18-15)12-5-6-13-14(7-12)17-9-16(13,3)4/h5-11H,1-4H3. The molecule has 98 valence electrons. The predicted molar refractivity (Wildman–Crippen MR) is 78.8 cm³/mol. The van der Waals surface area contributed by atoms with Crippen molar-refractivity contribution in [3.8, 4) is 5.69 Å². The molecule has 1 aromatic heterocycles. The number of imidazole rings is 1. The van der Waals surface area contributed by atoms with Crippen LogP contribution in [0.2, 0.25) is 0 Å². The lowest BCUT2D eigenvalue weighted by atomic mass is 9.87. The van der Waals surface area contributed by atoms with Gasteiger partial charge >= 0.3 is 0 Å². The van der Waals surface area contributed by atoms with E-state index in [4.69, 9.17) is 0 Å². The summed E-state index contributed by atoms with van der Waals surface area (Å²) in [7, 11) is 0. The number of nitrogens with zero attached hydrogens (tertiary/aromatic N) is 3. The number of aliphatic imine (C=N–C) groups is 1. The SMILES string of the molecule is CC(C)c1cn(-c2ccc3c(c2)N=CC3(C)C)cn1. The lowest BCUT2D eigenvalue weighted by Gasteiger charge is -2.16. The number of fused-ring (bicyclic) bond motifs is 1. The molecule has 0 N–H and O–H groups in total. The largest absolute Gasteiger partial charge is 0.306 e. The third-order valence-corrected chi connectivity index (χ3v) is 3.69. The Hall–Kier alpha value is -1.90. The Morgan fingerprint density at radius 2 is 2.00 bits per heavy atom. The van der Waals surface area contributed by atoms with Crippen LogP contribution in [0.5, 0.6) is 0 Å². The van der Waals surface area contributed by atoms with Crippen LogP contribution in [0.15, 0.2) is 35.7 Å². The molecule has 0 bridgehead atoms. The second-order valence-corrected chi connectivity index (χ2v) is 6.04. The van der Waals surface area contributed by atoms with E-state index in [2.05, 4.69) is 66.6 Å². The highest BCUT2D eigenvalue weighted by Crippen LogP contribution is 2.37. The fourth-order valence-corrected chi connectivity index (χ4v) is 2.41. The van der Waals surface area contributed by atoms with Gasteiger partial charge in [0.15, 0.2) is 0 Å². The van der Waals surface area contributed by atoms with Crippen LogP contribution in [0.4, 0.5) is 5.69 Å². The average molecular weight is 253 g/mol. The second kappa shape index (κ2) is 4.05. The van der Waals surface area contributed by atoms with E-state index < -0.39 is 0 Å². The number of hydrogen-bond acceptors (Lipinski definition) is 2. The van der Waals surface area contributed by atoms with Crippen molar-refractivity contribution in [2.24, 2.45) is 4.99 Å². The summed E-state index contributed by atoms with van der Waals surface area (Å²) in [5.41, 5.74) is 4.64. The quantitative estimate of drug-likeness (QED) is 0.796. The molecule has 3 rings (SSSR count). The zero-order valence-corrected chi connectivity index (χ0v) is 11.9. The van der Waals surface area contributed by atoms with E-state index >= 15 is 0 Å². The van der Waals surface area contributed by atoms with Crippen molar-refractivity contribution in [2.45, 2.75) is 39.0 Å². The van der Waals surface area contributed by atoms with Crippen LogP contribution in [0, 0.1) is 0 Å². The van der Waals surface area contributed by atoms with Crippen LogP contribution in [-0.4, -0.2) is 15.8 Å². The molecule has 0 radical (unpaired) electrons. The van der Waals surface area contributed by atoms with E-state index in [0.29, 0.717) is 5.92 Å². The first kappa shape index (κ1) is 12.2. The Kier molecular flexibility index (Phi) is 2.59. The average Bonchev–Trinajstić information content (AvgIpc) is 2.95. The maximum absolute atomic E-state index is 4.52. The molecular formula is C16H19N3. The molecule has 3 heteroatoms. The fourth-order valence-electron chi connectivity index (χ4n) is 2.41. The molecule has 0 aliphatic carbocycles. The van der Waals surface area contributed by atoms with E-state index in [9.17, 15) is 0 Å². The molecule has 0 saturated heterocycles. The van der Waals surface area contributed by atoms with Gasteiger partial charge in [0.1, 0.15) is 0 Å². The first-order valence-corrected chi connectivity index (χ1v) is 6.71. The molecule has 1 aromatic carbocycles. The van der Waals surface area contributed by atoms with Gasteiger partial charge in [0.2, 0.25) is 0 Å². The first-order valence-electron chi connectivity index (χ1n) is 6.71. The van der Waals surface area contributed by atoms with Gasteiger partial charge in [-0.25, -0.2) is 4.98 Å². The summed E-state index contributed by atoms with van der Waals surface area (Å²) >= 11 is 0. The zero-order chi connectivity index (χ0) is 13.6. The summed E-state index contributed by atoms with van der Waals surface area (Å²) in [6, 6.07) is 6.44. The minimum atomic E-state index is 0.0475. The van der Waals surface area contributed by atoms with E-state index in [0.717, 1.165) is 17.1 Å². The van der Waals surface area contributed by atoms with Gasteiger partial charge in [-0.15, -0.1) is 0 Å². The van der Waals surface area contributed by atoms with Gasteiger partial charge in [0.05, 0.1) is 17.7 Å². The normalized spacial score (nSPS) is 16.1. The second-order valence-electron chi connectivity index (χ2n) is 6.04. The third kappa shape index (κ3) is 1.99. The highest BCUT2D eigenvalue weighted by molar-refractivity contribution is 5.84. The van der Waals surface area contributed by atoms with E-state index in [-0.39, 0.29) is 5.41 Å². The molecule has 0 spiro atoms. The molecule has 1 aliphatic heterocycles. The fraction of sp³-hybridized carbons (Fsp3) is 0.375. The topological polar surface area (TPSA) is 30.2 Å². The van der Waals surface area contributed by atoms with Gasteiger partial charge in [0.25, 0.3) is 0 Å². The van der Waals surface area contributed by atoms with E-state index in [1.807, 2.05) is 12.5 Å². The van der Waals surface area contributed by atoms with Crippen molar-refractivity contribution in [3.05, 3.63) is 42.0 Å². The maximum Gasteiger partial charge on any atom is 0.0995 e. The van der Waals surface area contributed by atoms with Gasteiger partial charge in [-0.1, -0.05) is 33.8 Å². The number of aromatic nitrogens is 2. The molecule has 2 aromatic rings. The summed E-state index contributed by atoms with van der Waals surface area (Å²) in [6.45, 7) is 8.69. The van der Waals surface area contributed by atoms with E-state index in [1.165, 1.54) is 5.56 Å². The monoisotopic (exact) mass is 253 g/mol. The minimum absolute atomic E-state index is 0.0475. The lowest BCUT2D eigenvalue weighted by molar-refractivity contribution is 0.752. The lowest BCUT2D eigenvalue weighted by Crippen LogP contribution is -2.14. The molecule has 2 heterocycles.